The molecule has 33 heavy (non-hydrogen) atoms. The second kappa shape index (κ2) is 9.32. The Kier molecular flexibility index (Phi) is 6.26. The molecule has 0 amide bonds. The predicted molar refractivity (Wildman–Crippen MR) is 125 cm³/mol. The van der Waals surface area contributed by atoms with Crippen molar-refractivity contribution in [2.45, 2.75) is 43.6 Å². The Labute approximate surface area is 193 Å². The van der Waals surface area contributed by atoms with E-state index in [1.165, 1.54) is 23.3 Å². The molecule has 1 N–H and O–H groups in total. The van der Waals surface area contributed by atoms with Crippen LogP contribution >= 0.6 is 0 Å². The highest BCUT2D eigenvalue weighted by Crippen LogP contribution is 2.42. The Morgan fingerprint density at radius 3 is 1.91 bits per heavy atom. The van der Waals surface area contributed by atoms with Crippen molar-refractivity contribution in [1.29, 1.82) is 0 Å². The summed E-state index contributed by atoms with van der Waals surface area (Å²) < 4.78 is 40.7. The summed E-state index contributed by atoms with van der Waals surface area (Å²) in [4.78, 5) is 2.55. The zero-order chi connectivity index (χ0) is 22.8. The number of hydrogen-bond donors (Lipinski definition) is 1. The molecule has 2 atom stereocenters. The van der Waals surface area contributed by atoms with Crippen molar-refractivity contribution < 1.29 is 13.2 Å². The van der Waals surface area contributed by atoms with Crippen LogP contribution in [0.3, 0.4) is 0 Å². The van der Waals surface area contributed by atoms with Crippen molar-refractivity contribution in [2.75, 3.05) is 13.1 Å². The van der Waals surface area contributed by atoms with Gasteiger partial charge in [-0.15, -0.1) is 0 Å². The molecule has 3 aromatic rings. The van der Waals surface area contributed by atoms with Crippen molar-refractivity contribution in [3.05, 3.63) is 107 Å². The SMILES string of the molecule is FC(F)(F)c1ccccc1CN[C@H]1C2CCN(CC2)[C@@H]1C(c1ccccc1)c1ccccc1. The van der Waals surface area contributed by atoms with Gasteiger partial charge in [-0.3, -0.25) is 4.90 Å². The lowest BCUT2D eigenvalue weighted by Gasteiger charge is -2.54. The normalized spacial score (nSPS) is 24.8. The average molecular weight is 451 g/mol. The first-order valence-electron chi connectivity index (χ1n) is 11.7. The van der Waals surface area contributed by atoms with Gasteiger partial charge in [0.15, 0.2) is 0 Å². The highest BCUT2D eigenvalue weighted by Gasteiger charge is 2.46. The van der Waals surface area contributed by atoms with E-state index in [9.17, 15) is 13.2 Å². The van der Waals surface area contributed by atoms with E-state index < -0.39 is 11.7 Å². The van der Waals surface area contributed by atoms with E-state index in [2.05, 4.69) is 58.7 Å². The highest BCUT2D eigenvalue weighted by molar-refractivity contribution is 5.36. The molecule has 0 aliphatic carbocycles. The van der Waals surface area contributed by atoms with Gasteiger partial charge in [0.05, 0.1) is 5.56 Å². The highest BCUT2D eigenvalue weighted by atomic mass is 19.4. The number of fused-ring (bicyclic) bond motifs is 3. The first-order chi connectivity index (χ1) is 16.0. The van der Waals surface area contributed by atoms with Crippen LogP contribution in [-0.2, 0) is 12.7 Å². The lowest BCUT2D eigenvalue weighted by Crippen LogP contribution is -2.64. The molecule has 2 bridgehead atoms. The van der Waals surface area contributed by atoms with Gasteiger partial charge < -0.3 is 5.32 Å². The summed E-state index contributed by atoms with van der Waals surface area (Å²) in [6, 6.07) is 27.3. The van der Waals surface area contributed by atoms with Gasteiger partial charge in [0.1, 0.15) is 0 Å². The molecule has 3 aromatic carbocycles. The number of piperidine rings is 3. The van der Waals surface area contributed by atoms with Crippen LogP contribution in [0.5, 0.6) is 0 Å². The predicted octanol–water partition coefficient (Wildman–Crippen LogP) is 6.09. The molecule has 0 saturated carbocycles. The number of halogens is 3. The van der Waals surface area contributed by atoms with E-state index in [0.717, 1.165) is 25.9 Å². The molecule has 3 aliphatic heterocycles. The molecule has 3 aliphatic rings. The van der Waals surface area contributed by atoms with Crippen LogP contribution in [0, 0.1) is 5.92 Å². The fourth-order valence-corrected chi connectivity index (χ4v) is 5.87. The number of nitrogens with one attached hydrogen (secondary N) is 1. The topological polar surface area (TPSA) is 15.3 Å². The Bertz CT molecular complexity index is 1000. The molecule has 6 rings (SSSR count). The zero-order valence-corrected chi connectivity index (χ0v) is 18.5. The molecule has 5 heteroatoms. The first-order valence-corrected chi connectivity index (χ1v) is 11.7. The smallest absolute Gasteiger partial charge is 0.308 e. The Morgan fingerprint density at radius 1 is 0.788 bits per heavy atom. The number of rotatable bonds is 6. The van der Waals surface area contributed by atoms with Crippen molar-refractivity contribution in [3.63, 3.8) is 0 Å². The largest absolute Gasteiger partial charge is 0.416 e. The third-order valence-corrected chi connectivity index (χ3v) is 7.38. The average Bonchev–Trinajstić information content (AvgIpc) is 2.85. The van der Waals surface area contributed by atoms with Crippen LogP contribution in [0.25, 0.3) is 0 Å². The molecule has 2 nitrogen and oxygen atoms in total. The minimum atomic E-state index is -4.34. The van der Waals surface area contributed by atoms with Gasteiger partial charge in [-0.25, -0.2) is 0 Å². The maximum absolute atomic E-state index is 13.6. The van der Waals surface area contributed by atoms with Gasteiger partial charge in [-0.1, -0.05) is 78.9 Å². The molecule has 0 aromatic heterocycles. The first kappa shape index (κ1) is 22.2. The summed E-state index contributed by atoms with van der Waals surface area (Å²) in [6.45, 7) is 2.31. The van der Waals surface area contributed by atoms with Crippen molar-refractivity contribution in [3.8, 4) is 0 Å². The van der Waals surface area contributed by atoms with Gasteiger partial charge in [-0.05, 0) is 54.6 Å². The molecular weight excluding hydrogens is 421 g/mol. The quantitative estimate of drug-likeness (QED) is 0.489. The zero-order valence-electron chi connectivity index (χ0n) is 18.5. The fraction of sp³-hybridized carbons (Fsp3) is 0.357. The molecule has 3 saturated heterocycles. The van der Waals surface area contributed by atoms with Crippen LogP contribution in [0.2, 0.25) is 0 Å². The van der Waals surface area contributed by atoms with Crippen molar-refractivity contribution in [1.82, 2.24) is 10.2 Å². The molecular formula is C28H29F3N2. The van der Waals surface area contributed by atoms with Crippen LogP contribution in [0.4, 0.5) is 13.2 Å². The maximum Gasteiger partial charge on any atom is 0.416 e. The molecule has 0 radical (unpaired) electrons. The summed E-state index contributed by atoms with van der Waals surface area (Å²) in [7, 11) is 0. The van der Waals surface area contributed by atoms with Crippen LogP contribution in [0.15, 0.2) is 84.9 Å². The summed E-state index contributed by atoms with van der Waals surface area (Å²) in [6.07, 6.45) is -2.17. The monoisotopic (exact) mass is 450 g/mol. The Morgan fingerprint density at radius 2 is 1.33 bits per heavy atom. The minimum absolute atomic E-state index is 0.124. The number of benzene rings is 3. The van der Waals surface area contributed by atoms with E-state index in [1.807, 2.05) is 12.1 Å². The van der Waals surface area contributed by atoms with Crippen LogP contribution in [0.1, 0.15) is 41.0 Å². The standard InChI is InChI=1S/C28H29F3N2/c29-28(30,31)24-14-8-7-13-23(24)19-32-26-22-15-17-33(18-16-22)27(26)25(20-9-3-1-4-10-20)21-11-5-2-6-12-21/h1-14,22,25-27,32H,15-19H2/t26-,27+/m0/s1. The Balaban J connectivity index is 1.49. The number of hydrogen-bond acceptors (Lipinski definition) is 2. The van der Waals surface area contributed by atoms with Crippen LogP contribution in [-0.4, -0.2) is 30.1 Å². The van der Waals surface area contributed by atoms with E-state index in [1.54, 1.807) is 12.1 Å². The van der Waals surface area contributed by atoms with Gasteiger partial charge in [0.2, 0.25) is 0 Å². The third-order valence-electron chi connectivity index (χ3n) is 7.38. The number of nitrogens with zero attached hydrogens (tertiary/aromatic N) is 1. The third kappa shape index (κ3) is 4.57. The lowest BCUT2D eigenvalue weighted by atomic mass is 9.70. The van der Waals surface area contributed by atoms with E-state index in [0.29, 0.717) is 11.5 Å². The van der Waals surface area contributed by atoms with Crippen LogP contribution < -0.4 is 5.32 Å². The molecule has 172 valence electrons. The van der Waals surface area contributed by atoms with Gasteiger partial charge in [0.25, 0.3) is 0 Å². The summed E-state index contributed by atoms with van der Waals surface area (Å²) in [5, 5.41) is 3.61. The molecule has 3 fully saturated rings. The maximum atomic E-state index is 13.6. The molecule has 0 unspecified atom stereocenters. The summed E-state index contributed by atoms with van der Waals surface area (Å²) in [5.41, 5.74) is 2.28. The van der Waals surface area contributed by atoms with E-state index in [-0.39, 0.29) is 24.5 Å². The minimum Gasteiger partial charge on any atom is -0.308 e. The van der Waals surface area contributed by atoms with Gasteiger partial charge >= 0.3 is 6.18 Å². The lowest BCUT2D eigenvalue weighted by molar-refractivity contribution is -0.138. The van der Waals surface area contributed by atoms with E-state index in [4.69, 9.17) is 0 Å². The second-order valence-corrected chi connectivity index (χ2v) is 9.22. The summed E-state index contributed by atoms with van der Waals surface area (Å²) >= 11 is 0. The van der Waals surface area contributed by atoms with Gasteiger partial charge in [-0.2, -0.15) is 13.2 Å². The van der Waals surface area contributed by atoms with E-state index >= 15 is 0 Å². The van der Waals surface area contributed by atoms with Gasteiger partial charge in [0, 0.05) is 24.5 Å². The number of alkyl halides is 3. The molecule has 3 heterocycles. The molecule has 0 spiro atoms. The second-order valence-electron chi connectivity index (χ2n) is 9.22. The fourth-order valence-electron chi connectivity index (χ4n) is 5.87. The van der Waals surface area contributed by atoms with Crippen molar-refractivity contribution >= 4 is 0 Å². The van der Waals surface area contributed by atoms with Crippen molar-refractivity contribution in [2.24, 2.45) is 5.92 Å². The Hall–Kier alpha value is -2.63. The summed E-state index contributed by atoms with van der Waals surface area (Å²) in [5.74, 6) is 0.624.